The maximum atomic E-state index is 11.9. The van der Waals surface area contributed by atoms with Gasteiger partial charge in [0, 0.05) is 6.07 Å². The largest absolute Gasteiger partial charge is 0.478 e. The molecule has 0 aromatic carbocycles. The van der Waals surface area contributed by atoms with Gasteiger partial charge in [-0.1, -0.05) is 6.07 Å². The first kappa shape index (κ1) is 12.2. The first-order valence-electron chi connectivity index (χ1n) is 5.66. The van der Waals surface area contributed by atoms with Crippen molar-refractivity contribution in [1.82, 2.24) is 4.98 Å². The molecule has 5 heteroatoms. The Morgan fingerprint density at radius 1 is 1.44 bits per heavy atom. The predicted molar refractivity (Wildman–Crippen MR) is 66.8 cm³/mol. The van der Waals surface area contributed by atoms with Crippen LogP contribution in [0.25, 0.3) is 0 Å². The van der Waals surface area contributed by atoms with Crippen LogP contribution in [0.4, 0.5) is 5.82 Å². The Kier molecular flexibility index (Phi) is 3.62. The normalized spacial score (nSPS) is 10.1. The number of nitrogens with zero attached hydrogens (tertiary/aromatic N) is 1. The summed E-state index contributed by atoms with van der Waals surface area (Å²) in [5, 5.41) is 2.69. The van der Waals surface area contributed by atoms with Gasteiger partial charge in [-0.25, -0.2) is 0 Å². The zero-order chi connectivity index (χ0) is 13.0. The lowest BCUT2D eigenvalue weighted by molar-refractivity contribution is 0.102. The van der Waals surface area contributed by atoms with Crippen molar-refractivity contribution in [2.24, 2.45) is 0 Å². The fraction of sp³-hybridized carbons (Fsp3) is 0.231. The fourth-order valence-corrected chi connectivity index (χ4v) is 1.52. The monoisotopic (exact) mass is 246 g/mol. The van der Waals surface area contributed by atoms with Gasteiger partial charge < -0.3 is 14.5 Å². The molecule has 2 aromatic heterocycles. The Labute approximate surface area is 105 Å². The molecule has 0 aliphatic heterocycles. The summed E-state index contributed by atoms with van der Waals surface area (Å²) in [7, 11) is 0. The van der Waals surface area contributed by atoms with Crippen molar-refractivity contribution >= 4 is 11.7 Å². The Hall–Kier alpha value is -2.30. The summed E-state index contributed by atoms with van der Waals surface area (Å²) in [5.74, 6) is 1.27. The number of rotatable bonds is 4. The maximum absolute atomic E-state index is 11.9. The SMILES string of the molecule is CCOc1cccc(NC(=O)c2ccoc2C)n1. The van der Waals surface area contributed by atoms with Crippen LogP contribution in [-0.2, 0) is 0 Å². The van der Waals surface area contributed by atoms with E-state index in [0.717, 1.165) is 0 Å². The number of carbonyl (C=O) groups is 1. The first-order valence-corrected chi connectivity index (χ1v) is 5.66. The van der Waals surface area contributed by atoms with E-state index in [4.69, 9.17) is 9.15 Å². The van der Waals surface area contributed by atoms with Crippen LogP contribution >= 0.6 is 0 Å². The molecule has 18 heavy (non-hydrogen) atoms. The van der Waals surface area contributed by atoms with E-state index >= 15 is 0 Å². The van der Waals surface area contributed by atoms with Gasteiger partial charge in [0.25, 0.3) is 5.91 Å². The standard InChI is InChI=1S/C13H14N2O3/c1-3-17-12-6-4-5-11(14-12)15-13(16)10-7-8-18-9(10)2/h4-8H,3H2,1-2H3,(H,14,15,16). The summed E-state index contributed by atoms with van der Waals surface area (Å²) in [6.45, 7) is 4.14. The lowest BCUT2D eigenvalue weighted by Gasteiger charge is -2.06. The average Bonchev–Trinajstić information content (AvgIpc) is 2.76. The maximum Gasteiger partial charge on any atom is 0.260 e. The molecule has 0 radical (unpaired) electrons. The molecular formula is C13H14N2O3. The summed E-state index contributed by atoms with van der Waals surface area (Å²) in [5.41, 5.74) is 0.499. The molecule has 0 atom stereocenters. The van der Waals surface area contributed by atoms with Gasteiger partial charge in [0.15, 0.2) is 0 Å². The van der Waals surface area contributed by atoms with E-state index in [1.54, 1.807) is 31.2 Å². The minimum atomic E-state index is -0.248. The van der Waals surface area contributed by atoms with Gasteiger partial charge in [-0.15, -0.1) is 0 Å². The average molecular weight is 246 g/mol. The number of nitrogens with one attached hydrogen (secondary N) is 1. The number of hydrogen-bond donors (Lipinski definition) is 1. The van der Waals surface area contributed by atoms with E-state index in [9.17, 15) is 4.79 Å². The van der Waals surface area contributed by atoms with E-state index < -0.39 is 0 Å². The topological polar surface area (TPSA) is 64.4 Å². The van der Waals surface area contributed by atoms with Crippen LogP contribution in [-0.4, -0.2) is 17.5 Å². The quantitative estimate of drug-likeness (QED) is 0.900. The van der Waals surface area contributed by atoms with Crippen molar-refractivity contribution in [3.05, 3.63) is 41.9 Å². The van der Waals surface area contributed by atoms with Gasteiger partial charge in [0.2, 0.25) is 5.88 Å². The number of furan rings is 1. The summed E-state index contributed by atoms with van der Waals surface area (Å²) in [4.78, 5) is 16.1. The zero-order valence-electron chi connectivity index (χ0n) is 10.3. The highest BCUT2D eigenvalue weighted by Crippen LogP contribution is 2.14. The van der Waals surface area contributed by atoms with Crippen molar-refractivity contribution in [2.75, 3.05) is 11.9 Å². The van der Waals surface area contributed by atoms with Gasteiger partial charge in [0.05, 0.1) is 18.4 Å². The van der Waals surface area contributed by atoms with E-state index in [1.807, 2.05) is 6.92 Å². The summed E-state index contributed by atoms with van der Waals surface area (Å²) in [6.07, 6.45) is 1.48. The second kappa shape index (κ2) is 5.35. The van der Waals surface area contributed by atoms with Gasteiger partial charge in [0.1, 0.15) is 11.6 Å². The highest BCUT2D eigenvalue weighted by molar-refractivity contribution is 6.04. The molecule has 94 valence electrons. The van der Waals surface area contributed by atoms with E-state index in [1.165, 1.54) is 6.26 Å². The molecule has 0 unspecified atom stereocenters. The van der Waals surface area contributed by atoms with Crippen molar-refractivity contribution in [1.29, 1.82) is 0 Å². The minimum absolute atomic E-state index is 0.248. The first-order chi connectivity index (χ1) is 8.70. The number of ether oxygens (including phenoxy) is 1. The van der Waals surface area contributed by atoms with Crippen LogP contribution in [0.5, 0.6) is 5.88 Å². The molecule has 0 bridgehead atoms. The highest BCUT2D eigenvalue weighted by Gasteiger charge is 2.12. The molecule has 2 aromatic rings. The van der Waals surface area contributed by atoms with Gasteiger partial charge in [-0.2, -0.15) is 4.98 Å². The number of carbonyl (C=O) groups excluding carboxylic acids is 1. The lowest BCUT2D eigenvalue weighted by atomic mass is 10.2. The Morgan fingerprint density at radius 3 is 2.94 bits per heavy atom. The van der Waals surface area contributed by atoms with E-state index in [2.05, 4.69) is 10.3 Å². The fourth-order valence-electron chi connectivity index (χ4n) is 1.52. The minimum Gasteiger partial charge on any atom is -0.478 e. The van der Waals surface area contributed by atoms with E-state index in [-0.39, 0.29) is 5.91 Å². The molecule has 2 heterocycles. The lowest BCUT2D eigenvalue weighted by Crippen LogP contribution is -2.13. The summed E-state index contributed by atoms with van der Waals surface area (Å²) in [6, 6.07) is 6.84. The molecule has 0 aliphatic rings. The predicted octanol–water partition coefficient (Wildman–Crippen LogP) is 2.63. The molecule has 2 rings (SSSR count). The van der Waals surface area contributed by atoms with Crippen molar-refractivity contribution in [3.8, 4) is 5.88 Å². The van der Waals surface area contributed by atoms with Gasteiger partial charge in [-0.3, -0.25) is 4.79 Å². The zero-order valence-corrected chi connectivity index (χ0v) is 10.3. The highest BCUT2D eigenvalue weighted by atomic mass is 16.5. The van der Waals surface area contributed by atoms with Crippen LogP contribution in [0, 0.1) is 6.92 Å². The molecular weight excluding hydrogens is 232 g/mol. The number of hydrogen-bond acceptors (Lipinski definition) is 4. The van der Waals surface area contributed by atoms with Crippen LogP contribution in [0.1, 0.15) is 23.0 Å². The molecule has 0 saturated heterocycles. The molecule has 0 saturated carbocycles. The number of amides is 1. The number of aryl methyl sites for hydroxylation is 1. The van der Waals surface area contributed by atoms with Crippen molar-refractivity contribution < 1.29 is 13.9 Å². The van der Waals surface area contributed by atoms with Crippen LogP contribution in [0.2, 0.25) is 0 Å². The number of aromatic nitrogens is 1. The Bertz CT molecular complexity index is 549. The molecule has 0 fully saturated rings. The van der Waals surface area contributed by atoms with E-state index in [0.29, 0.717) is 29.6 Å². The van der Waals surface area contributed by atoms with Crippen molar-refractivity contribution in [2.45, 2.75) is 13.8 Å². The Balaban J connectivity index is 2.12. The van der Waals surface area contributed by atoms with Crippen molar-refractivity contribution in [3.63, 3.8) is 0 Å². The van der Waals surface area contributed by atoms with Gasteiger partial charge in [-0.05, 0) is 26.0 Å². The second-order valence-electron chi connectivity index (χ2n) is 3.64. The molecule has 0 aliphatic carbocycles. The molecule has 1 N–H and O–H groups in total. The second-order valence-corrected chi connectivity index (χ2v) is 3.64. The summed E-state index contributed by atoms with van der Waals surface area (Å²) < 4.78 is 10.3. The number of pyridine rings is 1. The molecule has 1 amide bonds. The third kappa shape index (κ3) is 2.68. The van der Waals surface area contributed by atoms with Crippen LogP contribution in [0.15, 0.2) is 34.9 Å². The third-order valence-corrected chi connectivity index (χ3v) is 2.36. The van der Waals surface area contributed by atoms with Crippen LogP contribution < -0.4 is 10.1 Å². The molecule has 5 nitrogen and oxygen atoms in total. The third-order valence-electron chi connectivity index (χ3n) is 2.36. The Morgan fingerprint density at radius 2 is 2.28 bits per heavy atom. The number of anilines is 1. The smallest absolute Gasteiger partial charge is 0.260 e. The van der Waals surface area contributed by atoms with Gasteiger partial charge >= 0.3 is 0 Å². The van der Waals surface area contributed by atoms with Crippen LogP contribution in [0.3, 0.4) is 0 Å². The molecule has 0 spiro atoms. The summed E-state index contributed by atoms with van der Waals surface area (Å²) >= 11 is 0.